The Hall–Kier alpha value is -3.41. The van der Waals surface area contributed by atoms with Crippen LogP contribution in [0.15, 0.2) is 60.7 Å². The van der Waals surface area contributed by atoms with Gasteiger partial charge in [0.25, 0.3) is 5.91 Å². The van der Waals surface area contributed by atoms with Crippen LogP contribution in [0, 0.1) is 11.9 Å². The lowest BCUT2D eigenvalue weighted by atomic mass is 9.98. The molecule has 1 atom stereocenters. The second-order valence-corrected chi connectivity index (χ2v) is 7.32. The molecule has 30 heavy (non-hydrogen) atoms. The van der Waals surface area contributed by atoms with E-state index >= 15 is 0 Å². The highest BCUT2D eigenvalue weighted by Crippen LogP contribution is 2.28. The first kappa shape index (κ1) is 21.3. The summed E-state index contributed by atoms with van der Waals surface area (Å²) in [7, 11) is 0. The topological polar surface area (TPSA) is 77.2 Å². The fourth-order valence-corrected chi connectivity index (χ4v) is 3.01. The third-order valence-electron chi connectivity index (χ3n) is 4.98. The summed E-state index contributed by atoms with van der Waals surface area (Å²) in [6, 6.07) is 18.0. The molecule has 1 aromatic heterocycles. The van der Waals surface area contributed by atoms with E-state index in [-0.39, 0.29) is 11.4 Å². The smallest absolute Gasteiger partial charge is 0.255 e. The van der Waals surface area contributed by atoms with E-state index in [1.54, 1.807) is 0 Å². The van der Waals surface area contributed by atoms with Gasteiger partial charge >= 0.3 is 0 Å². The summed E-state index contributed by atoms with van der Waals surface area (Å²) < 4.78 is 19.1. The lowest BCUT2D eigenvalue weighted by molar-refractivity contribution is 0.0951. The molecule has 1 amide bonds. The Labute approximate surface area is 176 Å². The normalized spacial score (nSPS) is 11.7. The maximum atomic E-state index is 13.0. The van der Waals surface area contributed by atoms with Crippen molar-refractivity contribution in [1.82, 2.24) is 10.3 Å². The van der Waals surface area contributed by atoms with Gasteiger partial charge in [0, 0.05) is 6.54 Å². The standard InChI is InChI=1S/C24H26FN3O2/c1-3-16(2)14-18-6-4-5-7-21(18)30-19-10-8-17(9-11-19)15-27-24(29)20-12-13-22(25)28-23(20)26/h4-13,16H,3,14-15H2,1-2H3,(H2,26,28)(H,27,29). The van der Waals surface area contributed by atoms with Crippen molar-refractivity contribution in [2.45, 2.75) is 33.2 Å². The Morgan fingerprint density at radius 1 is 1.13 bits per heavy atom. The van der Waals surface area contributed by atoms with Crippen molar-refractivity contribution in [3.8, 4) is 11.5 Å². The minimum atomic E-state index is -0.717. The number of para-hydroxylation sites is 1. The lowest BCUT2D eigenvalue weighted by Gasteiger charge is -2.14. The van der Waals surface area contributed by atoms with Crippen molar-refractivity contribution >= 4 is 11.7 Å². The molecule has 0 saturated carbocycles. The summed E-state index contributed by atoms with van der Waals surface area (Å²) in [6.45, 7) is 4.72. The second-order valence-electron chi connectivity index (χ2n) is 7.32. The molecule has 3 rings (SSSR count). The molecule has 156 valence electrons. The van der Waals surface area contributed by atoms with E-state index in [9.17, 15) is 9.18 Å². The average Bonchev–Trinajstić information content (AvgIpc) is 2.74. The van der Waals surface area contributed by atoms with Gasteiger partial charge in [0.05, 0.1) is 5.56 Å². The van der Waals surface area contributed by atoms with Crippen molar-refractivity contribution in [2.75, 3.05) is 5.73 Å². The van der Waals surface area contributed by atoms with Gasteiger partial charge in [-0.2, -0.15) is 4.39 Å². The molecule has 6 heteroatoms. The number of carbonyl (C=O) groups excluding carboxylic acids is 1. The summed E-state index contributed by atoms with van der Waals surface area (Å²) in [5.41, 5.74) is 7.84. The van der Waals surface area contributed by atoms with Crippen LogP contribution in [-0.2, 0) is 13.0 Å². The third-order valence-corrected chi connectivity index (χ3v) is 4.98. The Morgan fingerprint density at radius 3 is 2.57 bits per heavy atom. The molecule has 2 aromatic carbocycles. The molecule has 3 N–H and O–H groups in total. The van der Waals surface area contributed by atoms with E-state index in [1.165, 1.54) is 11.6 Å². The molecule has 1 heterocycles. The van der Waals surface area contributed by atoms with Crippen LogP contribution >= 0.6 is 0 Å². The van der Waals surface area contributed by atoms with Gasteiger partial charge in [-0.3, -0.25) is 4.79 Å². The van der Waals surface area contributed by atoms with Crippen LogP contribution in [0.25, 0.3) is 0 Å². The van der Waals surface area contributed by atoms with E-state index in [0.29, 0.717) is 12.5 Å². The number of nitrogen functional groups attached to an aromatic ring is 1. The van der Waals surface area contributed by atoms with Gasteiger partial charge in [-0.1, -0.05) is 50.6 Å². The van der Waals surface area contributed by atoms with Gasteiger partial charge in [0.2, 0.25) is 5.95 Å². The highest BCUT2D eigenvalue weighted by Gasteiger charge is 2.12. The first-order chi connectivity index (χ1) is 14.5. The van der Waals surface area contributed by atoms with Crippen LogP contribution < -0.4 is 15.8 Å². The maximum Gasteiger partial charge on any atom is 0.255 e. The number of benzene rings is 2. The molecule has 0 aliphatic rings. The van der Waals surface area contributed by atoms with Gasteiger partial charge in [0.1, 0.15) is 17.3 Å². The lowest BCUT2D eigenvalue weighted by Crippen LogP contribution is -2.24. The van der Waals surface area contributed by atoms with Gasteiger partial charge in [-0.15, -0.1) is 0 Å². The number of rotatable bonds is 8. The van der Waals surface area contributed by atoms with E-state index < -0.39 is 11.9 Å². The molecule has 0 bridgehead atoms. The third kappa shape index (κ3) is 5.56. The number of amides is 1. The zero-order chi connectivity index (χ0) is 21.5. The largest absolute Gasteiger partial charge is 0.457 e. The number of anilines is 1. The fourth-order valence-electron chi connectivity index (χ4n) is 3.01. The number of hydrogen-bond acceptors (Lipinski definition) is 4. The number of carbonyl (C=O) groups is 1. The molecule has 0 saturated heterocycles. The van der Waals surface area contributed by atoms with Crippen molar-refractivity contribution in [2.24, 2.45) is 5.92 Å². The molecular formula is C24H26FN3O2. The number of halogens is 1. The minimum Gasteiger partial charge on any atom is -0.457 e. The van der Waals surface area contributed by atoms with Gasteiger partial charge in [-0.05, 0) is 53.8 Å². The van der Waals surface area contributed by atoms with Crippen molar-refractivity contribution in [3.05, 3.63) is 83.3 Å². The van der Waals surface area contributed by atoms with Crippen LogP contribution in [-0.4, -0.2) is 10.9 Å². The quantitative estimate of drug-likeness (QED) is 0.509. The first-order valence-corrected chi connectivity index (χ1v) is 10.0. The molecule has 5 nitrogen and oxygen atoms in total. The molecular weight excluding hydrogens is 381 g/mol. The first-order valence-electron chi connectivity index (χ1n) is 10.0. The number of pyridine rings is 1. The summed E-state index contributed by atoms with van der Waals surface area (Å²) in [4.78, 5) is 15.7. The minimum absolute atomic E-state index is 0.132. The molecule has 0 radical (unpaired) electrons. The van der Waals surface area contributed by atoms with Crippen LogP contribution in [0.1, 0.15) is 41.8 Å². The number of nitrogens with one attached hydrogen (secondary N) is 1. The van der Waals surface area contributed by atoms with Crippen molar-refractivity contribution in [3.63, 3.8) is 0 Å². The van der Waals surface area contributed by atoms with Crippen LogP contribution in [0.3, 0.4) is 0 Å². The molecule has 0 fully saturated rings. The molecule has 0 aliphatic heterocycles. The SMILES string of the molecule is CCC(C)Cc1ccccc1Oc1ccc(CNC(=O)c2ccc(F)nc2N)cc1. The predicted molar refractivity (Wildman–Crippen MR) is 116 cm³/mol. The number of ether oxygens (including phenoxy) is 1. The molecule has 0 spiro atoms. The van der Waals surface area contributed by atoms with Crippen LogP contribution in [0.5, 0.6) is 11.5 Å². The second kappa shape index (κ2) is 9.87. The Balaban J connectivity index is 1.61. The van der Waals surface area contributed by atoms with Gasteiger partial charge < -0.3 is 15.8 Å². The number of nitrogens with zero attached hydrogens (tertiary/aromatic N) is 1. The maximum absolute atomic E-state index is 13.0. The molecule has 0 aliphatic carbocycles. The molecule has 3 aromatic rings. The highest BCUT2D eigenvalue weighted by atomic mass is 19.1. The van der Waals surface area contributed by atoms with Crippen LogP contribution in [0.4, 0.5) is 10.2 Å². The number of aromatic nitrogens is 1. The molecule has 1 unspecified atom stereocenters. The van der Waals surface area contributed by atoms with E-state index in [4.69, 9.17) is 10.5 Å². The van der Waals surface area contributed by atoms with Crippen LogP contribution in [0.2, 0.25) is 0 Å². The Kier molecular flexibility index (Phi) is 7.01. The van der Waals surface area contributed by atoms with Gasteiger partial charge in [-0.25, -0.2) is 4.98 Å². The Bertz CT molecular complexity index is 1010. The van der Waals surface area contributed by atoms with Crippen molar-refractivity contribution in [1.29, 1.82) is 0 Å². The number of nitrogens with two attached hydrogens (primary N) is 1. The van der Waals surface area contributed by atoms with Crippen molar-refractivity contribution < 1.29 is 13.9 Å². The summed E-state index contributed by atoms with van der Waals surface area (Å²) in [5.74, 6) is 0.926. The average molecular weight is 407 g/mol. The summed E-state index contributed by atoms with van der Waals surface area (Å²) in [6.07, 6.45) is 2.09. The monoisotopic (exact) mass is 407 g/mol. The number of hydrogen-bond donors (Lipinski definition) is 2. The van der Waals surface area contributed by atoms with E-state index in [1.807, 2.05) is 42.5 Å². The van der Waals surface area contributed by atoms with E-state index in [0.717, 1.165) is 36.0 Å². The fraction of sp³-hybridized carbons (Fsp3) is 0.250. The zero-order valence-corrected chi connectivity index (χ0v) is 17.2. The predicted octanol–water partition coefficient (Wildman–Crippen LogP) is 5.11. The summed E-state index contributed by atoms with van der Waals surface area (Å²) in [5, 5.41) is 2.76. The zero-order valence-electron chi connectivity index (χ0n) is 17.2. The highest BCUT2D eigenvalue weighted by molar-refractivity contribution is 5.98. The summed E-state index contributed by atoms with van der Waals surface area (Å²) >= 11 is 0. The van der Waals surface area contributed by atoms with E-state index in [2.05, 4.69) is 30.2 Å². The van der Waals surface area contributed by atoms with Gasteiger partial charge in [0.15, 0.2) is 0 Å². The Morgan fingerprint density at radius 2 is 1.87 bits per heavy atom.